The Bertz CT molecular complexity index is 714. The zero-order valence-corrected chi connectivity index (χ0v) is 12.0. The van der Waals surface area contributed by atoms with E-state index in [4.69, 9.17) is 4.55 Å². The highest BCUT2D eigenvalue weighted by Crippen LogP contribution is 2.36. The summed E-state index contributed by atoms with van der Waals surface area (Å²) in [7, 11) is -4.41. The van der Waals surface area contributed by atoms with Crippen LogP contribution in [-0.4, -0.2) is 23.1 Å². The first-order chi connectivity index (χ1) is 7.80. The molecule has 0 aliphatic heterocycles. The molecular formula is C9H5Br2NO4S. The van der Waals surface area contributed by atoms with Gasteiger partial charge in [0.1, 0.15) is 16.2 Å². The summed E-state index contributed by atoms with van der Waals surface area (Å²) in [4.78, 5) is 3.58. The Morgan fingerprint density at radius 2 is 1.88 bits per heavy atom. The Balaban J connectivity index is 3.06. The van der Waals surface area contributed by atoms with Crippen LogP contribution in [0.15, 0.2) is 32.2 Å². The van der Waals surface area contributed by atoms with E-state index in [0.717, 1.165) is 0 Å². The van der Waals surface area contributed by atoms with Gasteiger partial charge in [-0.2, -0.15) is 8.42 Å². The van der Waals surface area contributed by atoms with Crippen molar-refractivity contribution in [1.29, 1.82) is 0 Å². The molecule has 1 aromatic heterocycles. The van der Waals surface area contributed by atoms with Gasteiger partial charge in [0.05, 0.1) is 0 Å². The lowest BCUT2D eigenvalue weighted by atomic mass is 10.2. The molecule has 2 aromatic rings. The number of hydrogen-bond acceptors (Lipinski definition) is 4. The number of rotatable bonds is 1. The van der Waals surface area contributed by atoms with E-state index in [-0.39, 0.29) is 26.0 Å². The molecule has 0 aliphatic carbocycles. The van der Waals surface area contributed by atoms with Crippen LogP contribution in [-0.2, 0) is 10.1 Å². The van der Waals surface area contributed by atoms with E-state index >= 15 is 0 Å². The van der Waals surface area contributed by atoms with E-state index in [9.17, 15) is 13.5 Å². The van der Waals surface area contributed by atoms with Crippen molar-refractivity contribution in [1.82, 2.24) is 4.98 Å². The van der Waals surface area contributed by atoms with Crippen molar-refractivity contribution >= 4 is 52.9 Å². The third kappa shape index (κ3) is 2.30. The maximum Gasteiger partial charge on any atom is 0.296 e. The molecule has 0 saturated carbocycles. The molecule has 5 nitrogen and oxygen atoms in total. The number of fused-ring (bicyclic) bond motifs is 1. The molecule has 2 rings (SSSR count). The first-order valence-electron chi connectivity index (χ1n) is 4.25. The molecule has 0 unspecified atom stereocenters. The minimum absolute atomic E-state index is 0.0740. The second kappa shape index (κ2) is 4.20. The number of nitrogens with zero attached hydrogens (tertiary/aromatic N) is 1. The van der Waals surface area contributed by atoms with Crippen LogP contribution in [0.2, 0.25) is 0 Å². The average Bonchev–Trinajstić information content (AvgIpc) is 2.14. The molecule has 8 heteroatoms. The lowest BCUT2D eigenvalue weighted by Gasteiger charge is -2.08. The maximum atomic E-state index is 11.3. The fourth-order valence-electron chi connectivity index (χ4n) is 1.46. The predicted molar refractivity (Wildman–Crippen MR) is 68.6 cm³/mol. The quantitative estimate of drug-likeness (QED) is 0.740. The number of halogens is 2. The highest BCUT2D eigenvalue weighted by atomic mass is 79.9. The molecule has 0 radical (unpaired) electrons. The van der Waals surface area contributed by atoms with Crippen molar-refractivity contribution in [2.45, 2.75) is 4.90 Å². The lowest BCUT2D eigenvalue weighted by Crippen LogP contribution is -2.01. The van der Waals surface area contributed by atoms with Crippen molar-refractivity contribution in [3.8, 4) is 5.75 Å². The van der Waals surface area contributed by atoms with E-state index in [2.05, 4.69) is 36.8 Å². The summed E-state index contributed by atoms with van der Waals surface area (Å²) in [6.45, 7) is 0. The highest BCUT2D eigenvalue weighted by Gasteiger charge is 2.21. The molecule has 17 heavy (non-hydrogen) atoms. The molecule has 0 atom stereocenters. The molecule has 0 spiro atoms. The molecule has 90 valence electrons. The fraction of sp³-hybridized carbons (Fsp3) is 0. The van der Waals surface area contributed by atoms with Gasteiger partial charge >= 0.3 is 0 Å². The van der Waals surface area contributed by atoms with Gasteiger partial charge in [-0.1, -0.05) is 0 Å². The van der Waals surface area contributed by atoms with Crippen LogP contribution in [0, 0.1) is 0 Å². The average molecular weight is 383 g/mol. The van der Waals surface area contributed by atoms with Crippen LogP contribution in [0.5, 0.6) is 5.75 Å². The van der Waals surface area contributed by atoms with Crippen molar-refractivity contribution in [2.24, 2.45) is 0 Å². The van der Waals surface area contributed by atoms with Crippen LogP contribution in [0.25, 0.3) is 10.9 Å². The first-order valence-corrected chi connectivity index (χ1v) is 7.27. The van der Waals surface area contributed by atoms with Gasteiger partial charge in [0.15, 0.2) is 0 Å². The molecule has 0 amide bonds. The standard InChI is InChI=1S/C9H5Br2NO4S/c10-4-1-5-8(12-3-4)7(13)2-6(11)9(5)17(14,15)16/h1-3,13H,(H,14,15,16). The normalized spacial score (nSPS) is 11.9. The minimum atomic E-state index is -4.41. The van der Waals surface area contributed by atoms with Crippen LogP contribution in [0.4, 0.5) is 0 Å². The van der Waals surface area contributed by atoms with Crippen molar-refractivity contribution in [3.63, 3.8) is 0 Å². The van der Waals surface area contributed by atoms with E-state index in [1.165, 1.54) is 18.3 Å². The summed E-state index contributed by atoms with van der Waals surface area (Å²) in [6.07, 6.45) is 1.42. The Labute approximate surface area is 113 Å². The summed E-state index contributed by atoms with van der Waals surface area (Å²) in [5, 5.41) is 9.78. The van der Waals surface area contributed by atoms with Crippen LogP contribution in [0.3, 0.4) is 0 Å². The Hall–Kier alpha value is -0.700. The van der Waals surface area contributed by atoms with Gasteiger partial charge < -0.3 is 5.11 Å². The van der Waals surface area contributed by atoms with Crippen molar-refractivity contribution in [2.75, 3.05) is 0 Å². The molecule has 1 heterocycles. The number of aromatic nitrogens is 1. The largest absolute Gasteiger partial charge is 0.506 e. The zero-order chi connectivity index (χ0) is 12.8. The lowest BCUT2D eigenvalue weighted by molar-refractivity contribution is 0.477. The molecule has 0 bridgehead atoms. The van der Waals surface area contributed by atoms with E-state index in [0.29, 0.717) is 4.47 Å². The van der Waals surface area contributed by atoms with Gasteiger partial charge in [0.25, 0.3) is 10.1 Å². The Morgan fingerprint density at radius 3 is 2.47 bits per heavy atom. The molecule has 0 fully saturated rings. The Morgan fingerprint density at radius 1 is 1.24 bits per heavy atom. The summed E-state index contributed by atoms with van der Waals surface area (Å²) in [5.41, 5.74) is 0.101. The van der Waals surface area contributed by atoms with Crippen LogP contribution in [0.1, 0.15) is 0 Å². The molecule has 1 aromatic carbocycles. The monoisotopic (exact) mass is 381 g/mol. The third-order valence-electron chi connectivity index (χ3n) is 2.08. The van der Waals surface area contributed by atoms with E-state index < -0.39 is 10.1 Å². The van der Waals surface area contributed by atoms with Gasteiger partial charge in [0.2, 0.25) is 0 Å². The molecule has 2 N–H and O–H groups in total. The van der Waals surface area contributed by atoms with Gasteiger partial charge in [-0.25, -0.2) is 0 Å². The van der Waals surface area contributed by atoms with Gasteiger partial charge in [-0.15, -0.1) is 0 Å². The fourth-order valence-corrected chi connectivity index (χ4v) is 3.58. The highest BCUT2D eigenvalue weighted by molar-refractivity contribution is 9.10. The number of hydrogen-bond donors (Lipinski definition) is 2. The summed E-state index contributed by atoms with van der Waals surface area (Å²) < 4.78 is 32.4. The van der Waals surface area contributed by atoms with Crippen LogP contribution >= 0.6 is 31.9 Å². The van der Waals surface area contributed by atoms with Gasteiger partial charge in [-0.05, 0) is 44.0 Å². The SMILES string of the molecule is O=S(=O)(O)c1c(Br)cc(O)c2ncc(Br)cc12. The zero-order valence-electron chi connectivity index (χ0n) is 8.05. The Kier molecular flexibility index (Phi) is 3.15. The van der Waals surface area contributed by atoms with E-state index in [1.807, 2.05) is 0 Å². The van der Waals surface area contributed by atoms with Gasteiger partial charge in [-0.3, -0.25) is 9.54 Å². The number of benzene rings is 1. The number of phenolic OH excluding ortho intramolecular Hbond substituents is 1. The van der Waals surface area contributed by atoms with Gasteiger partial charge in [0, 0.05) is 20.5 Å². The van der Waals surface area contributed by atoms with E-state index in [1.54, 1.807) is 0 Å². The third-order valence-corrected chi connectivity index (χ3v) is 4.36. The maximum absolute atomic E-state index is 11.3. The molecular weight excluding hydrogens is 378 g/mol. The second-order valence-electron chi connectivity index (χ2n) is 3.23. The summed E-state index contributed by atoms with van der Waals surface area (Å²) >= 11 is 6.13. The van der Waals surface area contributed by atoms with Crippen LogP contribution < -0.4 is 0 Å². The molecule has 0 saturated heterocycles. The summed E-state index contributed by atoms with van der Waals surface area (Å²) in [5.74, 6) is -0.174. The minimum Gasteiger partial charge on any atom is -0.506 e. The summed E-state index contributed by atoms with van der Waals surface area (Å²) in [6, 6.07) is 2.63. The number of phenols is 1. The topological polar surface area (TPSA) is 87.5 Å². The van der Waals surface area contributed by atoms with Crippen molar-refractivity contribution in [3.05, 3.63) is 27.3 Å². The second-order valence-corrected chi connectivity index (χ2v) is 6.36. The number of pyridine rings is 1. The predicted octanol–water partition coefficient (Wildman–Crippen LogP) is 2.71. The molecule has 0 aliphatic rings. The van der Waals surface area contributed by atoms with Crippen molar-refractivity contribution < 1.29 is 18.1 Å². The smallest absolute Gasteiger partial charge is 0.296 e. The first kappa shape index (κ1) is 12.7. The number of aromatic hydroxyl groups is 1.